The summed E-state index contributed by atoms with van der Waals surface area (Å²) in [6.45, 7) is 9.13. The van der Waals surface area contributed by atoms with Crippen LogP contribution in [-0.2, 0) is 0 Å². The summed E-state index contributed by atoms with van der Waals surface area (Å²) in [4.78, 5) is 0. The molecule has 0 aromatic rings. The van der Waals surface area contributed by atoms with Crippen LogP contribution in [0.3, 0.4) is 0 Å². The van der Waals surface area contributed by atoms with Gasteiger partial charge in [-0.25, -0.2) is 0 Å². The molecule has 2 rings (SSSR count). The molecule has 0 aromatic carbocycles. The van der Waals surface area contributed by atoms with Crippen LogP contribution in [0.15, 0.2) is 23.8 Å². The zero-order chi connectivity index (χ0) is 11.9. The van der Waals surface area contributed by atoms with E-state index in [1.165, 1.54) is 12.0 Å². The van der Waals surface area contributed by atoms with Crippen LogP contribution in [0.2, 0.25) is 0 Å². The van der Waals surface area contributed by atoms with Gasteiger partial charge in [0, 0.05) is 0 Å². The molecule has 4 atom stereocenters. The van der Waals surface area contributed by atoms with Crippen LogP contribution in [0.5, 0.6) is 0 Å². The Morgan fingerprint density at radius 3 is 2.50 bits per heavy atom. The summed E-state index contributed by atoms with van der Waals surface area (Å²) < 4.78 is 0. The van der Waals surface area contributed by atoms with E-state index in [1.54, 1.807) is 0 Å². The SMILES string of the molecule is CC1=CC[C@H]([C@H]2C=C[C@@H](O)[C@H](C)C2)C1(C)C. The molecule has 0 saturated carbocycles. The Morgan fingerprint density at radius 2 is 2.00 bits per heavy atom. The topological polar surface area (TPSA) is 20.2 Å². The number of aliphatic hydroxyl groups is 1. The minimum atomic E-state index is -0.227. The minimum Gasteiger partial charge on any atom is -0.389 e. The van der Waals surface area contributed by atoms with Crippen molar-refractivity contribution < 1.29 is 5.11 Å². The molecule has 0 aromatic heterocycles. The fraction of sp³-hybridized carbons (Fsp3) is 0.733. The first-order valence-electron chi connectivity index (χ1n) is 6.46. The second-order valence-corrected chi connectivity index (χ2v) is 6.20. The van der Waals surface area contributed by atoms with Crippen molar-refractivity contribution in [1.82, 2.24) is 0 Å². The molecule has 0 aliphatic heterocycles. The molecule has 0 fully saturated rings. The maximum Gasteiger partial charge on any atom is 0.0746 e. The molecule has 0 bridgehead atoms. The lowest BCUT2D eigenvalue weighted by Crippen LogP contribution is -2.32. The van der Waals surface area contributed by atoms with Gasteiger partial charge >= 0.3 is 0 Å². The predicted octanol–water partition coefficient (Wildman–Crippen LogP) is 3.55. The van der Waals surface area contributed by atoms with Gasteiger partial charge in [0.1, 0.15) is 0 Å². The van der Waals surface area contributed by atoms with E-state index in [2.05, 4.69) is 39.8 Å². The maximum absolute atomic E-state index is 9.72. The molecular weight excluding hydrogens is 196 g/mol. The lowest BCUT2D eigenvalue weighted by Gasteiger charge is -2.38. The molecule has 0 saturated heterocycles. The summed E-state index contributed by atoms with van der Waals surface area (Å²) >= 11 is 0. The van der Waals surface area contributed by atoms with E-state index in [1.807, 2.05) is 6.08 Å². The van der Waals surface area contributed by atoms with Crippen LogP contribution in [0.4, 0.5) is 0 Å². The Hall–Kier alpha value is -0.560. The molecule has 2 aliphatic carbocycles. The van der Waals surface area contributed by atoms with Crippen molar-refractivity contribution in [2.45, 2.75) is 46.6 Å². The molecule has 16 heavy (non-hydrogen) atoms. The average molecular weight is 220 g/mol. The Labute approximate surface area is 99.3 Å². The van der Waals surface area contributed by atoms with E-state index >= 15 is 0 Å². The fourth-order valence-electron chi connectivity index (χ4n) is 3.26. The van der Waals surface area contributed by atoms with Crippen molar-refractivity contribution in [2.24, 2.45) is 23.2 Å². The molecule has 0 unspecified atom stereocenters. The number of aliphatic hydroxyl groups excluding tert-OH is 1. The summed E-state index contributed by atoms with van der Waals surface area (Å²) in [5, 5.41) is 9.72. The highest BCUT2D eigenvalue weighted by atomic mass is 16.3. The number of hydrogen-bond acceptors (Lipinski definition) is 1. The first kappa shape index (κ1) is 11.9. The van der Waals surface area contributed by atoms with Gasteiger partial charge in [0.15, 0.2) is 0 Å². The largest absolute Gasteiger partial charge is 0.389 e. The zero-order valence-electron chi connectivity index (χ0n) is 10.9. The standard InChI is InChI=1S/C15H24O/c1-10-9-12(6-8-14(10)16)13-7-5-11(2)15(13,3)4/h5-6,8,10,12-14,16H,7,9H2,1-4H3/t10-,12+,13-,14-/m1/s1. The highest BCUT2D eigenvalue weighted by Gasteiger charge is 2.40. The van der Waals surface area contributed by atoms with Crippen LogP contribution in [-0.4, -0.2) is 11.2 Å². The summed E-state index contributed by atoms with van der Waals surface area (Å²) in [6.07, 6.45) is 8.76. The first-order chi connectivity index (χ1) is 7.43. The van der Waals surface area contributed by atoms with Gasteiger partial charge in [0.25, 0.3) is 0 Å². The average Bonchev–Trinajstić information content (AvgIpc) is 2.47. The summed E-state index contributed by atoms with van der Waals surface area (Å²) in [5.74, 6) is 1.77. The van der Waals surface area contributed by atoms with Crippen molar-refractivity contribution >= 4 is 0 Å². The third-order valence-electron chi connectivity index (χ3n) is 4.92. The molecule has 90 valence electrons. The number of hydrogen-bond donors (Lipinski definition) is 1. The second kappa shape index (κ2) is 4.03. The van der Waals surface area contributed by atoms with Crippen molar-refractivity contribution in [2.75, 3.05) is 0 Å². The normalized spacial score (nSPS) is 42.2. The van der Waals surface area contributed by atoms with Gasteiger partial charge in [0.2, 0.25) is 0 Å². The van der Waals surface area contributed by atoms with Crippen LogP contribution in [0, 0.1) is 23.2 Å². The van der Waals surface area contributed by atoms with E-state index in [0.717, 1.165) is 12.3 Å². The van der Waals surface area contributed by atoms with E-state index in [0.29, 0.717) is 17.3 Å². The Kier molecular flexibility index (Phi) is 3.00. The van der Waals surface area contributed by atoms with Gasteiger partial charge in [-0.1, -0.05) is 44.6 Å². The van der Waals surface area contributed by atoms with E-state index < -0.39 is 0 Å². The van der Waals surface area contributed by atoms with Crippen LogP contribution in [0.1, 0.15) is 40.5 Å². The smallest absolute Gasteiger partial charge is 0.0746 e. The highest BCUT2D eigenvalue weighted by Crippen LogP contribution is 2.49. The maximum atomic E-state index is 9.72. The number of rotatable bonds is 1. The number of allylic oxidation sites excluding steroid dienone is 3. The molecule has 1 N–H and O–H groups in total. The van der Waals surface area contributed by atoms with Crippen molar-refractivity contribution in [3.63, 3.8) is 0 Å². The van der Waals surface area contributed by atoms with Crippen LogP contribution >= 0.6 is 0 Å². The molecule has 0 radical (unpaired) electrons. The van der Waals surface area contributed by atoms with Crippen molar-refractivity contribution in [3.8, 4) is 0 Å². The summed E-state index contributed by atoms with van der Waals surface area (Å²) in [6, 6.07) is 0. The second-order valence-electron chi connectivity index (χ2n) is 6.20. The molecular formula is C15H24O. The lowest BCUT2D eigenvalue weighted by atomic mass is 9.67. The summed E-state index contributed by atoms with van der Waals surface area (Å²) in [7, 11) is 0. The van der Waals surface area contributed by atoms with Crippen molar-refractivity contribution in [3.05, 3.63) is 23.8 Å². The third-order valence-corrected chi connectivity index (χ3v) is 4.92. The van der Waals surface area contributed by atoms with Gasteiger partial charge in [-0.2, -0.15) is 0 Å². The Balaban J connectivity index is 2.14. The van der Waals surface area contributed by atoms with E-state index in [4.69, 9.17) is 0 Å². The minimum absolute atomic E-state index is 0.227. The highest BCUT2D eigenvalue weighted by molar-refractivity contribution is 5.21. The lowest BCUT2D eigenvalue weighted by molar-refractivity contribution is 0.112. The molecule has 1 heteroatoms. The Bertz CT molecular complexity index is 324. The monoisotopic (exact) mass is 220 g/mol. The molecule has 0 spiro atoms. The molecule has 1 nitrogen and oxygen atoms in total. The van der Waals surface area contributed by atoms with Gasteiger partial charge < -0.3 is 5.11 Å². The third kappa shape index (κ3) is 1.86. The molecule has 2 aliphatic rings. The molecule has 0 amide bonds. The Morgan fingerprint density at radius 1 is 1.31 bits per heavy atom. The van der Waals surface area contributed by atoms with Gasteiger partial charge in [0.05, 0.1) is 6.10 Å². The first-order valence-corrected chi connectivity index (χ1v) is 6.46. The van der Waals surface area contributed by atoms with Crippen LogP contribution in [0.25, 0.3) is 0 Å². The predicted molar refractivity (Wildman–Crippen MR) is 68.1 cm³/mol. The van der Waals surface area contributed by atoms with Gasteiger partial charge in [-0.15, -0.1) is 0 Å². The fourth-order valence-corrected chi connectivity index (χ4v) is 3.26. The van der Waals surface area contributed by atoms with Gasteiger partial charge in [-0.05, 0) is 42.9 Å². The van der Waals surface area contributed by atoms with Crippen LogP contribution < -0.4 is 0 Å². The van der Waals surface area contributed by atoms with E-state index in [-0.39, 0.29) is 6.10 Å². The summed E-state index contributed by atoms with van der Waals surface area (Å²) in [5.41, 5.74) is 1.86. The van der Waals surface area contributed by atoms with Gasteiger partial charge in [-0.3, -0.25) is 0 Å². The quantitative estimate of drug-likeness (QED) is 0.670. The van der Waals surface area contributed by atoms with E-state index in [9.17, 15) is 5.11 Å². The molecule has 0 heterocycles. The van der Waals surface area contributed by atoms with Crippen molar-refractivity contribution in [1.29, 1.82) is 0 Å². The zero-order valence-corrected chi connectivity index (χ0v) is 10.9.